The van der Waals surface area contributed by atoms with Gasteiger partial charge in [-0.05, 0) is 43.7 Å². The third kappa shape index (κ3) is 3.66. The molecular formula is C23H25N5O3S. The monoisotopic (exact) mass is 451 g/mol. The Labute approximate surface area is 189 Å². The summed E-state index contributed by atoms with van der Waals surface area (Å²) in [6.45, 7) is 1.86. The number of benzene rings is 1. The van der Waals surface area contributed by atoms with E-state index in [0.29, 0.717) is 24.4 Å². The maximum Gasteiger partial charge on any atom is 0.325 e. The highest BCUT2D eigenvalue weighted by Crippen LogP contribution is 2.37. The third-order valence-corrected chi connectivity index (χ3v) is 7.41. The molecule has 2 aromatic heterocycles. The molecule has 3 heterocycles. The number of urea groups is 1. The molecule has 3 aromatic rings. The number of nitrogens with zero attached hydrogens (tertiary/aromatic N) is 3. The molecule has 0 bridgehead atoms. The van der Waals surface area contributed by atoms with Crippen molar-refractivity contribution < 1.29 is 14.4 Å². The van der Waals surface area contributed by atoms with Crippen LogP contribution >= 0.6 is 11.3 Å². The summed E-state index contributed by atoms with van der Waals surface area (Å²) in [6, 6.07) is 6.88. The molecular weight excluding hydrogens is 426 g/mol. The first-order valence-electron chi connectivity index (χ1n) is 10.9. The topological polar surface area (TPSA) is 95.8 Å². The van der Waals surface area contributed by atoms with Gasteiger partial charge in [-0.3, -0.25) is 18.9 Å². The lowest BCUT2D eigenvalue weighted by molar-refractivity contribution is -0.135. The van der Waals surface area contributed by atoms with Crippen LogP contribution in [0.2, 0.25) is 0 Å². The van der Waals surface area contributed by atoms with Crippen molar-refractivity contribution in [2.75, 3.05) is 11.9 Å². The van der Waals surface area contributed by atoms with Gasteiger partial charge in [0.05, 0.1) is 5.69 Å². The fraction of sp³-hybridized carbons (Fsp3) is 0.391. The van der Waals surface area contributed by atoms with E-state index in [1.54, 1.807) is 23.5 Å². The summed E-state index contributed by atoms with van der Waals surface area (Å²) in [5.41, 5.74) is 1.57. The highest BCUT2D eigenvalue weighted by Gasteiger charge is 2.52. The molecule has 0 atom stereocenters. The Morgan fingerprint density at radius 2 is 2.00 bits per heavy atom. The van der Waals surface area contributed by atoms with Gasteiger partial charge >= 0.3 is 6.03 Å². The van der Waals surface area contributed by atoms with Gasteiger partial charge in [-0.2, -0.15) is 0 Å². The van der Waals surface area contributed by atoms with Crippen LogP contribution in [0.5, 0.6) is 0 Å². The molecule has 1 aliphatic heterocycles. The van der Waals surface area contributed by atoms with Gasteiger partial charge in [0.2, 0.25) is 5.91 Å². The minimum atomic E-state index is -0.830. The van der Waals surface area contributed by atoms with Gasteiger partial charge in [-0.1, -0.05) is 25.5 Å². The van der Waals surface area contributed by atoms with Gasteiger partial charge < -0.3 is 10.6 Å². The van der Waals surface area contributed by atoms with E-state index in [1.807, 2.05) is 34.3 Å². The normalized spacial score (nSPS) is 23.2. The predicted octanol–water partition coefficient (Wildman–Crippen LogP) is 3.89. The van der Waals surface area contributed by atoms with E-state index in [1.165, 1.54) is 0 Å². The van der Waals surface area contributed by atoms with Crippen LogP contribution in [0.1, 0.15) is 39.0 Å². The Hall–Kier alpha value is -3.20. The number of anilines is 1. The zero-order valence-corrected chi connectivity index (χ0v) is 18.7. The van der Waals surface area contributed by atoms with Crippen molar-refractivity contribution in [2.24, 2.45) is 5.92 Å². The second-order valence-corrected chi connectivity index (χ2v) is 9.47. The SMILES string of the molecule is CCC1CCC2(CC1)NC(=O)N(CC(=O)Nc1ccc(-c3cn4ccsc4n3)cc1)C2=O. The number of hydrogen-bond acceptors (Lipinski definition) is 5. The standard InChI is InChI=1S/C23H25N5O3S/c1-2-15-7-9-23(10-8-15)20(30)28(21(31)26-23)14-19(29)24-17-5-3-16(4-6-17)18-13-27-11-12-32-22(27)25-18/h3-6,11-13,15H,2,7-10,14H2,1H3,(H,24,29)(H,26,31). The molecule has 4 amide bonds. The van der Waals surface area contributed by atoms with Crippen molar-refractivity contribution in [1.82, 2.24) is 19.6 Å². The van der Waals surface area contributed by atoms with Gasteiger partial charge in [0.15, 0.2) is 4.96 Å². The van der Waals surface area contributed by atoms with Crippen molar-refractivity contribution in [3.05, 3.63) is 42.0 Å². The Bertz CT molecular complexity index is 1150. The summed E-state index contributed by atoms with van der Waals surface area (Å²) < 4.78 is 1.97. The number of rotatable bonds is 5. The predicted molar refractivity (Wildman–Crippen MR) is 122 cm³/mol. The number of amides is 4. The summed E-state index contributed by atoms with van der Waals surface area (Å²) in [6.07, 6.45) is 8.12. The van der Waals surface area contributed by atoms with Crippen LogP contribution in [0.3, 0.4) is 0 Å². The summed E-state index contributed by atoms with van der Waals surface area (Å²) in [4.78, 5) is 44.6. The molecule has 1 aliphatic carbocycles. The number of aromatic nitrogens is 2. The molecule has 2 N–H and O–H groups in total. The maximum absolute atomic E-state index is 13.0. The molecule has 0 radical (unpaired) electrons. The number of nitrogens with one attached hydrogen (secondary N) is 2. The van der Waals surface area contributed by atoms with E-state index >= 15 is 0 Å². The second-order valence-electron chi connectivity index (χ2n) is 8.60. The maximum atomic E-state index is 13.0. The number of imide groups is 1. The smallest absolute Gasteiger partial charge is 0.325 e. The fourth-order valence-electron chi connectivity index (χ4n) is 4.67. The third-order valence-electron chi connectivity index (χ3n) is 6.64. The van der Waals surface area contributed by atoms with Crippen LogP contribution in [0, 0.1) is 5.92 Å². The number of hydrogen-bond donors (Lipinski definition) is 2. The van der Waals surface area contributed by atoms with Gasteiger partial charge in [-0.15, -0.1) is 11.3 Å². The van der Waals surface area contributed by atoms with Crippen LogP contribution in [-0.2, 0) is 9.59 Å². The quantitative estimate of drug-likeness (QED) is 0.575. The number of thiazole rings is 1. The highest BCUT2D eigenvalue weighted by atomic mass is 32.1. The van der Waals surface area contributed by atoms with Crippen LogP contribution in [0.4, 0.5) is 10.5 Å². The first-order valence-corrected chi connectivity index (χ1v) is 11.8. The average Bonchev–Trinajstić information content (AvgIpc) is 3.45. The van der Waals surface area contributed by atoms with Crippen LogP contribution in [0.15, 0.2) is 42.0 Å². The zero-order chi connectivity index (χ0) is 22.3. The van der Waals surface area contributed by atoms with Crippen LogP contribution in [0.25, 0.3) is 16.2 Å². The van der Waals surface area contributed by atoms with Crippen molar-refractivity contribution in [2.45, 2.75) is 44.6 Å². The number of carbonyl (C=O) groups excluding carboxylic acids is 3. The Morgan fingerprint density at radius 1 is 1.25 bits per heavy atom. The van der Waals surface area contributed by atoms with Gasteiger partial charge in [0.25, 0.3) is 5.91 Å². The van der Waals surface area contributed by atoms with Gasteiger partial charge in [0, 0.05) is 29.0 Å². The Kier molecular flexibility index (Phi) is 5.21. The highest BCUT2D eigenvalue weighted by molar-refractivity contribution is 7.15. The van der Waals surface area contributed by atoms with Crippen molar-refractivity contribution in [3.63, 3.8) is 0 Å². The van der Waals surface area contributed by atoms with Crippen molar-refractivity contribution >= 4 is 39.8 Å². The van der Waals surface area contributed by atoms with Crippen LogP contribution < -0.4 is 10.6 Å². The molecule has 32 heavy (non-hydrogen) atoms. The van der Waals surface area contributed by atoms with E-state index in [9.17, 15) is 14.4 Å². The molecule has 1 aromatic carbocycles. The summed E-state index contributed by atoms with van der Waals surface area (Å²) in [7, 11) is 0. The largest absolute Gasteiger partial charge is 0.325 e. The van der Waals surface area contributed by atoms with E-state index in [-0.39, 0.29) is 12.5 Å². The molecule has 9 heteroatoms. The minimum Gasteiger partial charge on any atom is -0.325 e. The number of imidazole rings is 1. The summed E-state index contributed by atoms with van der Waals surface area (Å²) in [5, 5.41) is 7.63. The van der Waals surface area contributed by atoms with Gasteiger partial charge in [0.1, 0.15) is 12.1 Å². The second kappa shape index (κ2) is 8.05. The molecule has 1 spiro atoms. The number of fused-ring (bicyclic) bond motifs is 1. The van der Waals surface area contributed by atoms with E-state index in [0.717, 1.165) is 40.4 Å². The molecule has 5 rings (SSSR count). The molecule has 2 fully saturated rings. The molecule has 8 nitrogen and oxygen atoms in total. The molecule has 166 valence electrons. The molecule has 1 saturated carbocycles. The lowest BCUT2D eigenvalue weighted by atomic mass is 9.75. The first kappa shape index (κ1) is 20.7. The molecule has 0 unspecified atom stereocenters. The summed E-state index contributed by atoms with van der Waals surface area (Å²) >= 11 is 1.57. The number of carbonyl (C=O) groups is 3. The first-order chi connectivity index (χ1) is 15.5. The van der Waals surface area contributed by atoms with E-state index in [2.05, 4.69) is 22.5 Å². The van der Waals surface area contributed by atoms with E-state index in [4.69, 9.17) is 0 Å². The van der Waals surface area contributed by atoms with Gasteiger partial charge in [-0.25, -0.2) is 9.78 Å². The van der Waals surface area contributed by atoms with Crippen LogP contribution in [-0.4, -0.2) is 44.2 Å². The molecule has 1 saturated heterocycles. The Morgan fingerprint density at radius 3 is 2.69 bits per heavy atom. The molecule has 2 aliphatic rings. The fourth-order valence-corrected chi connectivity index (χ4v) is 5.37. The summed E-state index contributed by atoms with van der Waals surface area (Å²) in [5.74, 6) is -0.0746. The minimum absolute atomic E-state index is 0.276. The zero-order valence-electron chi connectivity index (χ0n) is 17.8. The van der Waals surface area contributed by atoms with E-state index < -0.39 is 17.5 Å². The Balaban J connectivity index is 1.21. The van der Waals surface area contributed by atoms with Crippen molar-refractivity contribution in [1.29, 1.82) is 0 Å². The average molecular weight is 452 g/mol. The van der Waals surface area contributed by atoms with Crippen molar-refractivity contribution in [3.8, 4) is 11.3 Å². The lowest BCUT2D eigenvalue weighted by Crippen LogP contribution is -2.49. The lowest BCUT2D eigenvalue weighted by Gasteiger charge is -2.34.